The Morgan fingerprint density at radius 3 is 2.57 bits per heavy atom. The standard InChI is InChI=1S/C27H22F3NO4/c28-27(29,30)19-6-8-20(9-7-19)31-14-24-18(2-1-3-23(24)26(31)34)15-35-21-10-11-22-16(12-21)4-5-17(22)13-25(32)33/h1-3,6-12,17H,4-5,13-15H2,(H,32,33)/t17-/m0/s1. The number of nitrogens with zero attached hydrogens (tertiary/aromatic N) is 1. The van der Waals surface area contributed by atoms with Crippen molar-refractivity contribution < 1.29 is 32.6 Å². The van der Waals surface area contributed by atoms with Crippen molar-refractivity contribution in [1.29, 1.82) is 0 Å². The molecule has 8 heteroatoms. The molecule has 1 heterocycles. The van der Waals surface area contributed by atoms with Crippen molar-refractivity contribution in [3.05, 3.63) is 94.0 Å². The molecule has 1 atom stereocenters. The van der Waals surface area contributed by atoms with Crippen LogP contribution in [0.4, 0.5) is 18.9 Å². The molecule has 5 nitrogen and oxygen atoms in total. The highest BCUT2D eigenvalue weighted by Crippen LogP contribution is 2.38. The molecule has 0 fully saturated rings. The van der Waals surface area contributed by atoms with Crippen molar-refractivity contribution in [3.63, 3.8) is 0 Å². The van der Waals surface area contributed by atoms with Crippen molar-refractivity contribution in [2.45, 2.75) is 44.5 Å². The highest BCUT2D eigenvalue weighted by Gasteiger charge is 2.33. The van der Waals surface area contributed by atoms with Gasteiger partial charge < -0.3 is 14.7 Å². The van der Waals surface area contributed by atoms with E-state index in [4.69, 9.17) is 9.84 Å². The highest BCUT2D eigenvalue weighted by atomic mass is 19.4. The second-order valence-electron chi connectivity index (χ2n) is 8.86. The molecular weight excluding hydrogens is 459 g/mol. The molecule has 0 saturated carbocycles. The fourth-order valence-electron chi connectivity index (χ4n) is 4.93. The number of fused-ring (bicyclic) bond motifs is 2. The second kappa shape index (κ2) is 8.76. The molecule has 5 rings (SSSR count). The molecule has 1 aliphatic carbocycles. The zero-order chi connectivity index (χ0) is 24.7. The molecule has 1 aliphatic heterocycles. The van der Waals surface area contributed by atoms with E-state index >= 15 is 0 Å². The Balaban J connectivity index is 1.31. The van der Waals surface area contributed by atoms with Crippen LogP contribution in [0.25, 0.3) is 0 Å². The summed E-state index contributed by atoms with van der Waals surface area (Å²) in [4.78, 5) is 25.5. The largest absolute Gasteiger partial charge is 0.489 e. The van der Waals surface area contributed by atoms with Gasteiger partial charge in [-0.2, -0.15) is 13.2 Å². The smallest absolute Gasteiger partial charge is 0.416 e. The Morgan fingerprint density at radius 1 is 1.09 bits per heavy atom. The summed E-state index contributed by atoms with van der Waals surface area (Å²) in [5, 5.41) is 9.10. The van der Waals surface area contributed by atoms with Crippen molar-refractivity contribution >= 4 is 17.6 Å². The number of carboxylic acid groups (broad SMARTS) is 1. The first kappa shape index (κ1) is 23.0. The number of hydrogen-bond acceptors (Lipinski definition) is 3. The summed E-state index contributed by atoms with van der Waals surface area (Å²) in [5.74, 6) is -0.373. The van der Waals surface area contributed by atoms with Gasteiger partial charge in [-0.1, -0.05) is 18.2 Å². The molecule has 3 aromatic rings. The number of halogens is 3. The molecule has 35 heavy (non-hydrogen) atoms. The summed E-state index contributed by atoms with van der Waals surface area (Å²) in [5.41, 5.74) is 3.92. The van der Waals surface area contributed by atoms with Gasteiger partial charge in [0.2, 0.25) is 0 Å². The van der Waals surface area contributed by atoms with Crippen LogP contribution in [-0.2, 0) is 30.5 Å². The fraction of sp³-hybridized carbons (Fsp3) is 0.259. The van der Waals surface area contributed by atoms with Gasteiger partial charge in [-0.25, -0.2) is 0 Å². The molecule has 180 valence electrons. The molecule has 1 N–H and O–H groups in total. The lowest BCUT2D eigenvalue weighted by atomic mass is 9.98. The van der Waals surface area contributed by atoms with Crippen LogP contribution < -0.4 is 9.64 Å². The Hall–Kier alpha value is -3.81. The molecule has 0 bridgehead atoms. The average molecular weight is 481 g/mol. The summed E-state index contributed by atoms with van der Waals surface area (Å²) in [7, 11) is 0. The predicted molar refractivity (Wildman–Crippen MR) is 122 cm³/mol. The van der Waals surface area contributed by atoms with Crippen LogP contribution in [-0.4, -0.2) is 17.0 Å². The number of ether oxygens (including phenoxy) is 1. The van der Waals surface area contributed by atoms with E-state index in [-0.39, 0.29) is 31.4 Å². The maximum atomic E-state index is 13.0. The molecule has 0 aromatic heterocycles. The third-order valence-electron chi connectivity index (χ3n) is 6.70. The molecule has 3 aromatic carbocycles. The van der Waals surface area contributed by atoms with Gasteiger partial charge in [0.1, 0.15) is 12.4 Å². The Labute approximate surface area is 199 Å². The zero-order valence-corrected chi connectivity index (χ0v) is 18.6. The zero-order valence-electron chi connectivity index (χ0n) is 18.6. The molecule has 1 amide bonds. The maximum absolute atomic E-state index is 13.0. The van der Waals surface area contributed by atoms with E-state index in [9.17, 15) is 22.8 Å². The molecular formula is C27H22F3NO4. The van der Waals surface area contributed by atoms with Gasteiger partial charge in [0.05, 0.1) is 18.5 Å². The van der Waals surface area contributed by atoms with Crippen LogP contribution in [0.5, 0.6) is 5.75 Å². The summed E-state index contributed by atoms with van der Waals surface area (Å²) in [6, 6.07) is 15.6. The topological polar surface area (TPSA) is 66.8 Å². The normalized spacial score (nSPS) is 16.8. The van der Waals surface area contributed by atoms with E-state index in [1.54, 1.807) is 12.1 Å². The minimum Gasteiger partial charge on any atom is -0.489 e. The fourth-order valence-corrected chi connectivity index (χ4v) is 4.93. The van der Waals surface area contributed by atoms with Gasteiger partial charge in [-0.05, 0) is 83.5 Å². The number of rotatable bonds is 6. The van der Waals surface area contributed by atoms with E-state index < -0.39 is 17.7 Å². The highest BCUT2D eigenvalue weighted by molar-refractivity contribution is 6.10. The predicted octanol–water partition coefficient (Wildman–Crippen LogP) is 5.95. The molecule has 0 spiro atoms. The lowest BCUT2D eigenvalue weighted by Crippen LogP contribution is -2.23. The van der Waals surface area contributed by atoms with Crippen LogP contribution in [0.3, 0.4) is 0 Å². The monoisotopic (exact) mass is 481 g/mol. The third kappa shape index (κ3) is 4.48. The van der Waals surface area contributed by atoms with Gasteiger partial charge in [0, 0.05) is 11.3 Å². The van der Waals surface area contributed by atoms with Crippen LogP contribution in [0.1, 0.15) is 56.9 Å². The number of alkyl halides is 3. The van der Waals surface area contributed by atoms with Gasteiger partial charge in [-0.15, -0.1) is 0 Å². The van der Waals surface area contributed by atoms with Crippen LogP contribution in [0.15, 0.2) is 60.7 Å². The van der Waals surface area contributed by atoms with Crippen molar-refractivity contribution in [3.8, 4) is 5.75 Å². The van der Waals surface area contributed by atoms with Gasteiger partial charge in [0.15, 0.2) is 0 Å². The third-order valence-corrected chi connectivity index (χ3v) is 6.70. The Kier molecular flexibility index (Phi) is 5.75. The summed E-state index contributed by atoms with van der Waals surface area (Å²) >= 11 is 0. The molecule has 2 aliphatic rings. The number of amides is 1. The number of benzene rings is 3. The number of carbonyl (C=O) groups is 2. The number of carbonyl (C=O) groups excluding carboxylic acids is 1. The lowest BCUT2D eigenvalue weighted by Gasteiger charge is -2.17. The van der Waals surface area contributed by atoms with E-state index in [1.807, 2.05) is 24.3 Å². The molecule has 0 unspecified atom stereocenters. The first-order valence-electron chi connectivity index (χ1n) is 11.3. The van der Waals surface area contributed by atoms with E-state index in [2.05, 4.69) is 0 Å². The first-order valence-corrected chi connectivity index (χ1v) is 11.3. The molecule has 0 saturated heterocycles. The quantitative estimate of drug-likeness (QED) is 0.473. The van der Waals surface area contributed by atoms with E-state index in [1.165, 1.54) is 17.0 Å². The number of aliphatic carboxylic acids is 1. The number of anilines is 1. The van der Waals surface area contributed by atoms with Crippen molar-refractivity contribution in [2.24, 2.45) is 0 Å². The SMILES string of the molecule is O=C(O)C[C@@H]1CCc2cc(OCc3cccc4c3CN(c3ccc(C(F)(F)F)cc3)C4=O)ccc21. The van der Waals surface area contributed by atoms with Crippen LogP contribution in [0, 0.1) is 0 Å². The minimum absolute atomic E-state index is 0.0242. The maximum Gasteiger partial charge on any atom is 0.416 e. The molecule has 0 radical (unpaired) electrons. The number of hydrogen-bond donors (Lipinski definition) is 1. The van der Waals surface area contributed by atoms with Crippen molar-refractivity contribution in [2.75, 3.05) is 4.90 Å². The summed E-state index contributed by atoms with van der Waals surface area (Å²) in [6.45, 7) is 0.481. The van der Waals surface area contributed by atoms with Crippen LogP contribution >= 0.6 is 0 Å². The minimum atomic E-state index is -4.43. The van der Waals surface area contributed by atoms with Gasteiger partial charge in [0.25, 0.3) is 5.91 Å². The Morgan fingerprint density at radius 2 is 1.86 bits per heavy atom. The second-order valence-corrected chi connectivity index (χ2v) is 8.86. The average Bonchev–Trinajstić information content (AvgIpc) is 3.37. The van der Waals surface area contributed by atoms with E-state index in [0.29, 0.717) is 17.0 Å². The first-order chi connectivity index (χ1) is 16.7. The van der Waals surface area contributed by atoms with E-state index in [0.717, 1.165) is 47.2 Å². The van der Waals surface area contributed by atoms with Gasteiger partial charge >= 0.3 is 12.1 Å². The Bertz CT molecular complexity index is 1300. The van der Waals surface area contributed by atoms with Crippen molar-refractivity contribution in [1.82, 2.24) is 0 Å². The van der Waals surface area contributed by atoms with Gasteiger partial charge in [-0.3, -0.25) is 9.59 Å². The van der Waals surface area contributed by atoms with Crippen LogP contribution in [0.2, 0.25) is 0 Å². The summed E-state index contributed by atoms with van der Waals surface area (Å²) in [6.07, 6.45) is -2.70. The number of carboxylic acids is 1. The number of aryl methyl sites for hydroxylation is 1. The summed E-state index contributed by atoms with van der Waals surface area (Å²) < 4.78 is 44.7. The lowest BCUT2D eigenvalue weighted by molar-refractivity contribution is -0.138.